The van der Waals surface area contributed by atoms with Crippen molar-refractivity contribution in [2.75, 3.05) is 0 Å². The van der Waals surface area contributed by atoms with Gasteiger partial charge >= 0.3 is 5.96 Å². The number of hydrogen-bond donors (Lipinski definition) is 2. The van der Waals surface area contributed by atoms with E-state index in [-0.39, 0.29) is 4.59 Å². The molecule has 64 valence electrons. The highest BCUT2D eigenvalue weighted by molar-refractivity contribution is 6.06. The van der Waals surface area contributed by atoms with Gasteiger partial charge in [-0.15, -0.1) is 4.59 Å². The predicted molar refractivity (Wildman–Crippen MR) is 48.7 cm³/mol. The van der Waals surface area contributed by atoms with Gasteiger partial charge in [-0.05, 0) is 0 Å². The zero-order valence-corrected chi connectivity index (χ0v) is 6.68. The van der Waals surface area contributed by atoms with Gasteiger partial charge in [0.05, 0.1) is 18.7 Å². The Bertz CT molecular complexity index is 453. The number of aromatic nitrogens is 2. The van der Waals surface area contributed by atoms with Crippen LogP contribution in [0.2, 0.25) is 0 Å². The lowest BCUT2D eigenvalue weighted by atomic mass is 10.4. The Morgan fingerprint density at radius 2 is 2.38 bits per heavy atom. The first-order chi connectivity index (χ1) is 6.31. The third kappa shape index (κ3) is 0.663. The van der Waals surface area contributed by atoms with Gasteiger partial charge in [-0.3, -0.25) is 4.98 Å². The molecule has 0 fully saturated rings. The van der Waals surface area contributed by atoms with Gasteiger partial charge in [0.2, 0.25) is 0 Å². The zero-order valence-electron chi connectivity index (χ0n) is 6.68. The molecular weight excluding hydrogens is 168 g/mol. The number of imidazole rings is 1. The number of quaternary nitrogens is 1. The number of aliphatic imine (C=N–C) groups is 2. The van der Waals surface area contributed by atoms with Gasteiger partial charge in [0.1, 0.15) is 6.20 Å². The Morgan fingerprint density at radius 1 is 1.46 bits per heavy atom. The molecule has 0 saturated carbocycles. The molecule has 0 bridgehead atoms. The molecule has 0 aliphatic carbocycles. The largest absolute Gasteiger partial charge is 0.360 e. The molecule has 1 unspecified atom stereocenters. The van der Waals surface area contributed by atoms with E-state index in [1.54, 1.807) is 24.9 Å². The summed E-state index contributed by atoms with van der Waals surface area (Å²) < 4.78 is -0.00810. The standard InChI is InChI=1S/C7H7N6/c8-13-2-1-9-7(13)10-3-5-6(13)12-4-11-5/h1-4H,8H2,(H,11,12)/q+1. The van der Waals surface area contributed by atoms with Crippen molar-refractivity contribution in [2.45, 2.75) is 0 Å². The fourth-order valence-electron chi connectivity index (χ4n) is 1.48. The molecular formula is C7H7N6+. The number of fused-ring (bicyclic) bond motifs is 3. The normalized spacial score (nSPS) is 28.5. The highest BCUT2D eigenvalue weighted by atomic mass is 15.7. The maximum absolute atomic E-state index is 6.06. The van der Waals surface area contributed by atoms with E-state index in [0.717, 1.165) is 11.5 Å². The van der Waals surface area contributed by atoms with Crippen LogP contribution < -0.4 is 10.4 Å². The van der Waals surface area contributed by atoms with Gasteiger partial charge in [0, 0.05) is 0 Å². The molecule has 3 rings (SSSR count). The van der Waals surface area contributed by atoms with E-state index in [4.69, 9.17) is 5.84 Å². The Kier molecular flexibility index (Phi) is 0.992. The molecule has 6 heteroatoms. The number of H-pyrrole nitrogens is 1. The highest BCUT2D eigenvalue weighted by Crippen LogP contribution is 2.27. The van der Waals surface area contributed by atoms with Gasteiger partial charge in [-0.2, -0.15) is 15.8 Å². The molecule has 13 heavy (non-hydrogen) atoms. The second-order valence-electron chi connectivity index (χ2n) is 2.90. The third-order valence-corrected chi connectivity index (χ3v) is 2.14. The number of guanidine groups is 1. The minimum Gasteiger partial charge on any atom is -0.297 e. The Morgan fingerprint density at radius 3 is 3.31 bits per heavy atom. The van der Waals surface area contributed by atoms with Crippen molar-refractivity contribution in [3.05, 3.63) is 24.4 Å². The summed E-state index contributed by atoms with van der Waals surface area (Å²) in [4.78, 5) is 15.2. The first-order valence-electron chi connectivity index (χ1n) is 3.82. The van der Waals surface area contributed by atoms with Crippen molar-refractivity contribution in [3.63, 3.8) is 0 Å². The first kappa shape index (κ1) is 6.70. The summed E-state index contributed by atoms with van der Waals surface area (Å²) in [5, 5.41) is 0. The fourth-order valence-corrected chi connectivity index (χ4v) is 1.48. The minimum absolute atomic E-state index is 0.00810. The molecule has 3 heterocycles. The zero-order chi connectivity index (χ0) is 8.89. The van der Waals surface area contributed by atoms with Gasteiger partial charge in [-0.25, -0.2) is 4.98 Å². The fraction of sp³-hybridized carbons (Fsp3) is 0. The van der Waals surface area contributed by atoms with Gasteiger partial charge < -0.3 is 0 Å². The van der Waals surface area contributed by atoms with E-state index in [1.807, 2.05) is 0 Å². The van der Waals surface area contributed by atoms with E-state index in [2.05, 4.69) is 20.0 Å². The van der Waals surface area contributed by atoms with Crippen molar-refractivity contribution in [2.24, 2.45) is 15.8 Å². The quantitative estimate of drug-likeness (QED) is 0.425. The smallest absolute Gasteiger partial charge is 0.297 e. The van der Waals surface area contributed by atoms with Crippen LogP contribution in [-0.4, -0.2) is 22.1 Å². The molecule has 0 aromatic carbocycles. The van der Waals surface area contributed by atoms with Crippen molar-refractivity contribution < 1.29 is 0 Å². The summed E-state index contributed by atoms with van der Waals surface area (Å²) in [5.41, 5.74) is 0.757. The number of nitrogens with zero attached hydrogens (tertiary/aromatic N) is 4. The van der Waals surface area contributed by atoms with Gasteiger partial charge in [0.25, 0.3) is 5.82 Å². The third-order valence-electron chi connectivity index (χ3n) is 2.14. The number of hydrogen-bond acceptors (Lipinski definition) is 4. The monoisotopic (exact) mass is 175 g/mol. The second-order valence-corrected chi connectivity index (χ2v) is 2.90. The van der Waals surface area contributed by atoms with Crippen LogP contribution in [0.1, 0.15) is 5.69 Å². The van der Waals surface area contributed by atoms with Crippen LogP contribution in [-0.2, 0) is 0 Å². The second kappa shape index (κ2) is 1.93. The van der Waals surface area contributed by atoms with Crippen molar-refractivity contribution in [3.8, 4) is 0 Å². The SMILES string of the molecule is N[N+]12C=CN=C1N=Cc1nc[nH]c12. The summed E-state index contributed by atoms with van der Waals surface area (Å²) in [5.74, 6) is 7.40. The maximum atomic E-state index is 6.06. The van der Waals surface area contributed by atoms with E-state index in [1.165, 1.54) is 0 Å². The molecule has 3 N–H and O–H groups in total. The Labute approximate surface area is 73.7 Å². The van der Waals surface area contributed by atoms with E-state index < -0.39 is 0 Å². The number of nitrogens with two attached hydrogens (primary N) is 1. The van der Waals surface area contributed by atoms with Crippen LogP contribution >= 0.6 is 0 Å². The average Bonchev–Trinajstić information content (AvgIpc) is 2.67. The summed E-state index contributed by atoms with van der Waals surface area (Å²) in [6.45, 7) is 0. The Hall–Kier alpha value is -1.79. The van der Waals surface area contributed by atoms with Gasteiger partial charge in [0.15, 0.2) is 5.69 Å². The number of aromatic amines is 1. The summed E-state index contributed by atoms with van der Waals surface area (Å²) in [6, 6.07) is 0. The molecule has 0 saturated heterocycles. The van der Waals surface area contributed by atoms with E-state index in [9.17, 15) is 0 Å². The molecule has 1 aromatic heterocycles. The van der Waals surface area contributed by atoms with Crippen LogP contribution in [0.4, 0.5) is 5.82 Å². The predicted octanol–water partition coefficient (Wildman–Crippen LogP) is -0.136. The van der Waals surface area contributed by atoms with Crippen molar-refractivity contribution in [1.82, 2.24) is 14.6 Å². The highest BCUT2D eigenvalue weighted by Gasteiger charge is 2.41. The summed E-state index contributed by atoms with van der Waals surface area (Å²) in [7, 11) is 0. The van der Waals surface area contributed by atoms with Crippen molar-refractivity contribution in [1.29, 1.82) is 0 Å². The molecule has 6 nitrogen and oxygen atoms in total. The minimum atomic E-state index is -0.00810. The van der Waals surface area contributed by atoms with Crippen molar-refractivity contribution >= 4 is 18.0 Å². The van der Waals surface area contributed by atoms with Crippen LogP contribution in [0.3, 0.4) is 0 Å². The molecule has 2 aliphatic heterocycles. The Balaban J connectivity index is 2.33. The van der Waals surface area contributed by atoms with Crippen LogP contribution in [0, 0.1) is 0 Å². The maximum Gasteiger partial charge on any atom is 0.360 e. The topological polar surface area (TPSA) is 79.4 Å². The lowest BCUT2D eigenvalue weighted by molar-refractivity contribution is 0.559. The van der Waals surface area contributed by atoms with Gasteiger partial charge in [-0.1, -0.05) is 0 Å². The molecule has 1 atom stereocenters. The molecule has 0 amide bonds. The molecule has 0 radical (unpaired) electrons. The van der Waals surface area contributed by atoms with Crippen LogP contribution in [0.25, 0.3) is 0 Å². The first-order valence-corrected chi connectivity index (χ1v) is 3.82. The average molecular weight is 175 g/mol. The van der Waals surface area contributed by atoms with Crippen LogP contribution in [0.5, 0.6) is 0 Å². The summed E-state index contributed by atoms with van der Waals surface area (Å²) >= 11 is 0. The van der Waals surface area contributed by atoms with Crippen LogP contribution in [0.15, 0.2) is 28.7 Å². The summed E-state index contributed by atoms with van der Waals surface area (Å²) in [6.07, 6.45) is 6.64. The number of rotatable bonds is 0. The molecule has 0 spiro atoms. The molecule has 2 aliphatic rings. The lowest BCUT2D eigenvalue weighted by Gasteiger charge is -2.22. The molecule has 1 aromatic rings. The lowest BCUT2D eigenvalue weighted by Crippen LogP contribution is -2.55. The number of nitrogens with one attached hydrogen (secondary N) is 1. The van der Waals surface area contributed by atoms with E-state index >= 15 is 0 Å². The van der Waals surface area contributed by atoms with E-state index in [0.29, 0.717) is 5.96 Å².